The fraction of sp³-hybridized carbons (Fsp3) is 0.273. The number of morpholine rings is 1. The van der Waals surface area contributed by atoms with Gasteiger partial charge in [0.25, 0.3) is 0 Å². The normalized spacial score (nSPS) is 14.1. The third-order valence-corrected chi connectivity index (χ3v) is 4.98. The maximum absolute atomic E-state index is 14.1. The van der Waals surface area contributed by atoms with Gasteiger partial charge in [-0.1, -0.05) is 6.07 Å². The monoisotopic (exact) mass is 421 g/mol. The summed E-state index contributed by atoms with van der Waals surface area (Å²) in [6, 6.07) is 9.99. The Kier molecular flexibility index (Phi) is 6.32. The quantitative estimate of drug-likeness (QED) is 0.464. The maximum Gasteiger partial charge on any atom is 0.245 e. The van der Waals surface area contributed by atoms with Crippen molar-refractivity contribution < 1.29 is 9.13 Å². The molecule has 3 aromatic rings. The second kappa shape index (κ2) is 9.48. The number of hydrogen-bond donors (Lipinski definition) is 2. The Morgan fingerprint density at radius 3 is 2.58 bits per heavy atom. The van der Waals surface area contributed by atoms with E-state index in [2.05, 4.69) is 56.8 Å². The summed E-state index contributed by atoms with van der Waals surface area (Å²) < 4.78 is 19.4. The first-order chi connectivity index (χ1) is 15.1. The number of hydrogen-bond acceptors (Lipinski definition) is 8. The standard InChI is InChI=1S/C22H24FN7O/c1-15-3-4-17(11-16(15)2)27-19-6-5-18(24-12-19)13-26-29-22-25-14-20(23)21(28-22)30-7-9-31-10-8-30/h3-6,11-14,27H,7-10H2,1-2H3,(H,25,28,29)/b26-13+. The Hall–Kier alpha value is -3.59. The molecular formula is C22H24FN7O. The van der Waals surface area contributed by atoms with Crippen molar-refractivity contribution in [2.45, 2.75) is 13.8 Å². The predicted octanol–water partition coefficient (Wildman–Crippen LogP) is 3.65. The highest BCUT2D eigenvalue weighted by molar-refractivity contribution is 5.78. The minimum absolute atomic E-state index is 0.215. The molecule has 160 valence electrons. The van der Waals surface area contributed by atoms with Gasteiger partial charge >= 0.3 is 0 Å². The first kappa shape index (κ1) is 20.7. The van der Waals surface area contributed by atoms with E-state index in [1.807, 2.05) is 23.1 Å². The van der Waals surface area contributed by atoms with E-state index in [4.69, 9.17) is 4.74 Å². The van der Waals surface area contributed by atoms with E-state index in [0.29, 0.717) is 32.0 Å². The molecule has 1 saturated heterocycles. The van der Waals surface area contributed by atoms with Crippen molar-refractivity contribution in [1.29, 1.82) is 0 Å². The molecule has 0 spiro atoms. The van der Waals surface area contributed by atoms with Crippen molar-refractivity contribution in [2.75, 3.05) is 41.9 Å². The molecule has 0 unspecified atom stereocenters. The first-order valence-corrected chi connectivity index (χ1v) is 10.0. The van der Waals surface area contributed by atoms with Crippen molar-refractivity contribution in [3.63, 3.8) is 0 Å². The topological polar surface area (TPSA) is 87.6 Å². The number of ether oxygens (including phenoxy) is 1. The third-order valence-electron chi connectivity index (χ3n) is 4.98. The lowest BCUT2D eigenvalue weighted by atomic mass is 10.1. The molecule has 4 rings (SSSR count). The highest BCUT2D eigenvalue weighted by atomic mass is 19.1. The Bertz CT molecular complexity index is 1070. The molecule has 1 aliphatic heterocycles. The number of halogens is 1. The van der Waals surface area contributed by atoms with Gasteiger partial charge in [-0.15, -0.1) is 0 Å². The zero-order valence-electron chi connectivity index (χ0n) is 17.5. The maximum atomic E-state index is 14.1. The molecule has 0 amide bonds. The molecule has 1 fully saturated rings. The first-order valence-electron chi connectivity index (χ1n) is 10.0. The van der Waals surface area contributed by atoms with Gasteiger partial charge in [0.15, 0.2) is 11.6 Å². The van der Waals surface area contributed by atoms with Gasteiger partial charge in [0, 0.05) is 18.8 Å². The average Bonchev–Trinajstić information content (AvgIpc) is 2.79. The van der Waals surface area contributed by atoms with Crippen molar-refractivity contribution >= 4 is 29.4 Å². The largest absolute Gasteiger partial charge is 0.378 e. The van der Waals surface area contributed by atoms with Crippen molar-refractivity contribution in [3.05, 3.63) is 65.4 Å². The molecule has 2 N–H and O–H groups in total. The summed E-state index contributed by atoms with van der Waals surface area (Å²) in [7, 11) is 0. The number of anilines is 4. The van der Waals surface area contributed by atoms with Crippen LogP contribution >= 0.6 is 0 Å². The van der Waals surface area contributed by atoms with Crippen LogP contribution < -0.4 is 15.6 Å². The molecule has 9 heteroatoms. The fourth-order valence-electron chi connectivity index (χ4n) is 3.11. The summed E-state index contributed by atoms with van der Waals surface area (Å²) in [5, 5.41) is 7.45. The van der Waals surface area contributed by atoms with Gasteiger partial charge in [-0.05, 0) is 49.2 Å². The van der Waals surface area contributed by atoms with Gasteiger partial charge in [0.2, 0.25) is 5.95 Å². The van der Waals surface area contributed by atoms with Crippen molar-refractivity contribution in [3.8, 4) is 0 Å². The lowest BCUT2D eigenvalue weighted by Crippen LogP contribution is -2.37. The summed E-state index contributed by atoms with van der Waals surface area (Å²) >= 11 is 0. The molecule has 1 aliphatic rings. The molecule has 1 aromatic carbocycles. The van der Waals surface area contributed by atoms with E-state index in [-0.39, 0.29) is 11.8 Å². The second-order valence-electron chi connectivity index (χ2n) is 7.23. The molecule has 3 heterocycles. The zero-order valence-corrected chi connectivity index (χ0v) is 17.5. The summed E-state index contributed by atoms with van der Waals surface area (Å²) in [6.07, 6.45) is 4.43. The number of aryl methyl sites for hydroxylation is 2. The fourth-order valence-corrected chi connectivity index (χ4v) is 3.11. The van der Waals surface area contributed by atoms with Crippen LogP contribution in [-0.4, -0.2) is 47.5 Å². The van der Waals surface area contributed by atoms with E-state index in [0.717, 1.165) is 17.6 Å². The minimum atomic E-state index is -0.468. The Morgan fingerprint density at radius 2 is 1.84 bits per heavy atom. The van der Waals surface area contributed by atoms with E-state index in [1.165, 1.54) is 11.1 Å². The Labute approximate surface area is 180 Å². The molecule has 31 heavy (non-hydrogen) atoms. The molecule has 0 aliphatic carbocycles. The van der Waals surface area contributed by atoms with Crippen molar-refractivity contribution in [2.24, 2.45) is 5.10 Å². The molecular weight excluding hydrogens is 397 g/mol. The molecule has 2 aromatic heterocycles. The summed E-state index contributed by atoms with van der Waals surface area (Å²) in [4.78, 5) is 14.4. The summed E-state index contributed by atoms with van der Waals surface area (Å²) in [5.41, 5.74) is 7.77. The second-order valence-corrected chi connectivity index (χ2v) is 7.23. The number of nitrogens with one attached hydrogen (secondary N) is 2. The number of pyridine rings is 1. The third kappa shape index (κ3) is 5.32. The van der Waals surface area contributed by atoms with Crippen LogP contribution in [0.3, 0.4) is 0 Å². The smallest absolute Gasteiger partial charge is 0.245 e. The zero-order chi connectivity index (χ0) is 21.6. The van der Waals surface area contributed by atoms with Crippen LogP contribution in [0.25, 0.3) is 0 Å². The van der Waals surface area contributed by atoms with Gasteiger partial charge in [-0.2, -0.15) is 10.1 Å². The van der Waals surface area contributed by atoms with E-state index >= 15 is 0 Å². The molecule has 0 saturated carbocycles. The Morgan fingerprint density at radius 1 is 1.03 bits per heavy atom. The SMILES string of the molecule is Cc1ccc(Nc2ccc(/C=N/Nc3ncc(F)c(N4CCOCC4)n3)nc2)cc1C. The van der Waals surface area contributed by atoms with Crippen LogP contribution in [0, 0.1) is 19.7 Å². The lowest BCUT2D eigenvalue weighted by molar-refractivity contribution is 0.122. The van der Waals surface area contributed by atoms with Gasteiger partial charge in [-0.25, -0.2) is 14.8 Å². The van der Waals surface area contributed by atoms with Gasteiger partial charge in [0.1, 0.15) is 0 Å². The van der Waals surface area contributed by atoms with Crippen LogP contribution in [0.2, 0.25) is 0 Å². The van der Waals surface area contributed by atoms with Crippen LogP contribution in [-0.2, 0) is 4.74 Å². The number of benzene rings is 1. The molecule has 8 nitrogen and oxygen atoms in total. The van der Waals surface area contributed by atoms with Crippen molar-refractivity contribution in [1.82, 2.24) is 15.0 Å². The van der Waals surface area contributed by atoms with Crippen LogP contribution in [0.4, 0.5) is 27.5 Å². The van der Waals surface area contributed by atoms with Crippen LogP contribution in [0.15, 0.2) is 47.8 Å². The highest BCUT2D eigenvalue weighted by Crippen LogP contribution is 2.20. The minimum Gasteiger partial charge on any atom is -0.378 e. The number of aromatic nitrogens is 3. The van der Waals surface area contributed by atoms with E-state index in [1.54, 1.807) is 12.4 Å². The lowest BCUT2D eigenvalue weighted by Gasteiger charge is -2.27. The Balaban J connectivity index is 1.37. The predicted molar refractivity (Wildman–Crippen MR) is 120 cm³/mol. The van der Waals surface area contributed by atoms with Gasteiger partial charge in [-0.3, -0.25) is 4.98 Å². The van der Waals surface area contributed by atoms with Gasteiger partial charge in [0.05, 0.1) is 43.2 Å². The molecule has 0 radical (unpaired) electrons. The highest BCUT2D eigenvalue weighted by Gasteiger charge is 2.17. The van der Waals surface area contributed by atoms with E-state index < -0.39 is 5.82 Å². The molecule has 0 bridgehead atoms. The average molecular weight is 421 g/mol. The molecule has 0 atom stereocenters. The van der Waals surface area contributed by atoms with Gasteiger partial charge < -0.3 is 15.0 Å². The number of nitrogens with zero attached hydrogens (tertiary/aromatic N) is 5. The van der Waals surface area contributed by atoms with Crippen LogP contribution in [0.5, 0.6) is 0 Å². The number of hydrazone groups is 1. The summed E-state index contributed by atoms with van der Waals surface area (Å²) in [6.45, 7) is 6.43. The van der Waals surface area contributed by atoms with E-state index in [9.17, 15) is 4.39 Å². The summed E-state index contributed by atoms with van der Waals surface area (Å²) in [5.74, 6) is -0.00646. The van der Waals surface area contributed by atoms with Crippen LogP contribution in [0.1, 0.15) is 16.8 Å². The number of rotatable bonds is 6.